The summed E-state index contributed by atoms with van der Waals surface area (Å²) in [6.45, 7) is 1.83. The molecule has 2 atom stereocenters. The zero-order valence-corrected chi connectivity index (χ0v) is 10.1. The number of rotatable bonds is 5. The summed E-state index contributed by atoms with van der Waals surface area (Å²) in [7, 11) is 1.26. The number of carboxylic acid groups (broad SMARTS) is 2. The van der Waals surface area contributed by atoms with Gasteiger partial charge in [0.1, 0.15) is 5.41 Å². The van der Waals surface area contributed by atoms with Crippen LogP contribution in [-0.2, 0) is 14.3 Å². The quantitative estimate of drug-likeness (QED) is 0.716. The van der Waals surface area contributed by atoms with E-state index in [1.54, 1.807) is 6.08 Å². The standard InChI is InChI=1S/C12H18O5/c1-3-6-11(9(13)14)7-4-5-8-12(11,17-2)10(15)16/h4,7H,3,5-6,8H2,1-2H3,(H,13,14)(H,15,16). The number of carboxylic acids is 2. The third-order valence-corrected chi connectivity index (χ3v) is 3.51. The van der Waals surface area contributed by atoms with Crippen molar-refractivity contribution in [2.24, 2.45) is 5.41 Å². The van der Waals surface area contributed by atoms with Gasteiger partial charge in [-0.05, 0) is 19.3 Å². The van der Waals surface area contributed by atoms with Gasteiger partial charge in [0.25, 0.3) is 0 Å². The second-order valence-electron chi connectivity index (χ2n) is 4.30. The molecule has 0 bridgehead atoms. The number of ether oxygens (including phenoxy) is 1. The van der Waals surface area contributed by atoms with Crippen LogP contribution in [0.3, 0.4) is 0 Å². The van der Waals surface area contributed by atoms with Gasteiger partial charge < -0.3 is 14.9 Å². The van der Waals surface area contributed by atoms with Crippen LogP contribution in [0.5, 0.6) is 0 Å². The monoisotopic (exact) mass is 242 g/mol. The lowest BCUT2D eigenvalue weighted by Crippen LogP contribution is -2.59. The summed E-state index contributed by atoms with van der Waals surface area (Å²) >= 11 is 0. The van der Waals surface area contributed by atoms with E-state index in [2.05, 4.69) is 0 Å². The molecule has 0 aromatic rings. The fourth-order valence-electron chi connectivity index (χ4n) is 2.63. The molecule has 1 aliphatic carbocycles. The zero-order valence-electron chi connectivity index (χ0n) is 10.1. The minimum absolute atomic E-state index is 0.182. The molecule has 0 radical (unpaired) electrons. The van der Waals surface area contributed by atoms with Crippen LogP contribution in [-0.4, -0.2) is 34.9 Å². The highest BCUT2D eigenvalue weighted by molar-refractivity contribution is 5.91. The van der Waals surface area contributed by atoms with Gasteiger partial charge in [-0.25, -0.2) is 4.79 Å². The van der Waals surface area contributed by atoms with Gasteiger partial charge in [0, 0.05) is 7.11 Å². The smallest absolute Gasteiger partial charge is 0.337 e. The first kappa shape index (κ1) is 13.7. The first-order valence-electron chi connectivity index (χ1n) is 5.66. The summed E-state index contributed by atoms with van der Waals surface area (Å²) in [6, 6.07) is 0. The van der Waals surface area contributed by atoms with E-state index in [0.717, 1.165) is 0 Å². The Bertz CT molecular complexity index is 349. The number of carbonyl (C=O) groups is 2. The molecule has 5 heteroatoms. The van der Waals surface area contributed by atoms with E-state index in [-0.39, 0.29) is 12.8 Å². The summed E-state index contributed by atoms with van der Waals surface area (Å²) in [6.07, 6.45) is 4.73. The normalized spacial score (nSPS) is 32.4. The molecule has 0 aliphatic heterocycles. The second-order valence-corrected chi connectivity index (χ2v) is 4.30. The maximum Gasteiger partial charge on any atom is 0.337 e. The zero-order chi connectivity index (χ0) is 13.1. The van der Waals surface area contributed by atoms with Gasteiger partial charge in [0.05, 0.1) is 0 Å². The minimum Gasteiger partial charge on any atom is -0.480 e. The molecule has 0 saturated carbocycles. The van der Waals surface area contributed by atoms with Crippen molar-refractivity contribution in [3.63, 3.8) is 0 Å². The molecular formula is C12H18O5. The largest absolute Gasteiger partial charge is 0.480 e. The van der Waals surface area contributed by atoms with E-state index in [1.807, 2.05) is 6.92 Å². The van der Waals surface area contributed by atoms with Crippen molar-refractivity contribution in [2.75, 3.05) is 7.11 Å². The molecule has 0 aromatic carbocycles. The Morgan fingerprint density at radius 3 is 2.41 bits per heavy atom. The maximum absolute atomic E-state index is 11.6. The lowest BCUT2D eigenvalue weighted by Gasteiger charge is -2.44. The van der Waals surface area contributed by atoms with Gasteiger partial charge in [-0.3, -0.25) is 4.79 Å². The van der Waals surface area contributed by atoms with Crippen molar-refractivity contribution in [3.8, 4) is 0 Å². The van der Waals surface area contributed by atoms with Crippen LogP contribution in [0.15, 0.2) is 12.2 Å². The van der Waals surface area contributed by atoms with Gasteiger partial charge in [0.15, 0.2) is 5.60 Å². The van der Waals surface area contributed by atoms with Gasteiger partial charge >= 0.3 is 11.9 Å². The van der Waals surface area contributed by atoms with Crippen LogP contribution in [0.25, 0.3) is 0 Å². The van der Waals surface area contributed by atoms with Crippen LogP contribution in [0, 0.1) is 5.41 Å². The molecule has 2 unspecified atom stereocenters. The van der Waals surface area contributed by atoms with Gasteiger partial charge in [-0.2, -0.15) is 0 Å². The summed E-state index contributed by atoms with van der Waals surface area (Å²) in [5.74, 6) is -2.35. The fraction of sp³-hybridized carbons (Fsp3) is 0.667. The fourth-order valence-corrected chi connectivity index (χ4v) is 2.63. The summed E-state index contributed by atoms with van der Waals surface area (Å²) < 4.78 is 5.14. The maximum atomic E-state index is 11.6. The molecular weight excluding hydrogens is 224 g/mol. The van der Waals surface area contributed by atoms with E-state index in [9.17, 15) is 19.8 Å². The first-order valence-corrected chi connectivity index (χ1v) is 5.66. The molecule has 2 N–H and O–H groups in total. The molecule has 96 valence electrons. The molecule has 0 amide bonds. The Morgan fingerprint density at radius 1 is 1.35 bits per heavy atom. The third kappa shape index (κ3) is 1.84. The van der Waals surface area contributed by atoms with E-state index in [0.29, 0.717) is 12.8 Å². The van der Waals surface area contributed by atoms with Crippen LogP contribution >= 0.6 is 0 Å². The first-order chi connectivity index (χ1) is 7.97. The van der Waals surface area contributed by atoms with E-state index < -0.39 is 23.0 Å². The molecule has 0 aromatic heterocycles. The highest BCUT2D eigenvalue weighted by Gasteiger charge is 2.61. The minimum atomic E-state index is -1.66. The van der Waals surface area contributed by atoms with E-state index >= 15 is 0 Å². The lowest BCUT2D eigenvalue weighted by molar-refractivity contribution is -0.192. The Morgan fingerprint density at radius 2 is 2.00 bits per heavy atom. The third-order valence-electron chi connectivity index (χ3n) is 3.51. The van der Waals surface area contributed by atoms with Crippen LogP contribution in [0.1, 0.15) is 32.6 Å². The molecule has 0 spiro atoms. The highest BCUT2D eigenvalue weighted by Crippen LogP contribution is 2.46. The van der Waals surface area contributed by atoms with Gasteiger partial charge in [0.2, 0.25) is 0 Å². The van der Waals surface area contributed by atoms with Crippen molar-refractivity contribution in [1.82, 2.24) is 0 Å². The molecule has 1 aliphatic rings. The predicted octanol–water partition coefficient (Wildman–Crippen LogP) is 1.68. The number of aliphatic carboxylic acids is 2. The van der Waals surface area contributed by atoms with Crippen molar-refractivity contribution < 1.29 is 24.5 Å². The van der Waals surface area contributed by atoms with E-state index in [1.165, 1.54) is 13.2 Å². The van der Waals surface area contributed by atoms with Gasteiger partial charge in [-0.15, -0.1) is 0 Å². The Kier molecular flexibility index (Phi) is 3.93. The van der Waals surface area contributed by atoms with Gasteiger partial charge in [-0.1, -0.05) is 25.5 Å². The Hall–Kier alpha value is -1.36. The van der Waals surface area contributed by atoms with Crippen LogP contribution in [0.4, 0.5) is 0 Å². The summed E-state index contributed by atoms with van der Waals surface area (Å²) in [5, 5.41) is 18.8. The molecule has 0 heterocycles. The lowest BCUT2D eigenvalue weighted by atomic mass is 9.64. The Labute approximate surface area is 100 Å². The number of hydrogen-bond donors (Lipinski definition) is 2. The predicted molar refractivity (Wildman–Crippen MR) is 60.7 cm³/mol. The second kappa shape index (κ2) is 4.87. The average molecular weight is 242 g/mol. The van der Waals surface area contributed by atoms with Crippen molar-refractivity contribution in [2.45, 2.75) is 38.2 Å². The van der Waals surface area contributed by atoms with Crippen molar-refractivity contribution >= 4 is 11.9 Å². The van der Waals surface area contributed by atoms with Crippen molar-refractivity contribution in [3.05, 3.63) is 12.2 Å². The number of allylic oxidation sites excluding steroid dienone is 1. The topological polar surface area (TPSA) is 83.8 Å². The molecule has 0 saturated heterocycles. The van der Waals surface area contributed by atoms with Crippen LogP contribution in [0.2, 0.25) is 0 Å². The van der Waals surface area contributed by atoms with Crippen molar-refractivity contribution in [1.29, 1.82) is 0 Å². The molecule has 1 rings (SSSR count). The summed E-state index contributed by atoms with van der Waals surface area (Å²) in [5.41, 5.74) is -3.13. The highest BCUT2D eigenvalue weighted by atomic mass is 16.5. The summed E-state index contributed by atoms with van der Waals surface area (Å²) in [4.78, 5) is 23.0. The number of methoxy groups -OCH3 is 1. The molecule has 5 nitrogen and oxygen atoms in total. The average Bonchev–Trinajstić information content (AvgIpc) is 2.29. The Balaban J connectivity index is 3.38. The number of hydrogen-bond acceptors (Lipinski definition) is 3. The van der Waals surface area contributed by atoms with E-state index in [4.69, 9.17) is 4.74 Å². The SMILES string of the molecule is CCCC1(C(=O)O)C=CCCC1(OC)C(=O)O. The molecule has 0 fully saturated rings. The van der Waals surface area contributed by atoms with Crippen LogP contribution < -0.4 is 0 Å². The molecule has 17 heavy (non-hydrogen) atoms.